The van der Waals surface area contributed by atoms with Crippen LogP contribution in [0, 0.1) is 6.92 Å². The second-order valence-electron chi connectivity index (χ2n) is 5.68. The van der Waals surface area contributed by atoms with E-state index in [1.165, 1.54) is 4.90 Å². The maximum atomic E-state index is 12.2. The molecular weight excluding hydrogens is 298 g/mol. The standard InChI is InChI=1S/C15H27N5O3/c1-5-6-7-16-15(22)20(9-8-19(3)4)11-14(21)17-13-10-12(2)23-18-13/h10H,5-9,11H2,1-4H3,(H,16,22)(H,17,18,21). The third-order valence-electron chi connectivity index (χ3n) is 3.14. The van der Waals surface area contributed by atoms with Gasteiger partial charge >= 0.3 is 6.03 Å². The molecule has 1 aromatic heterocycles. The predicted octanol–water partition coefficient (Wildman–Crippen LogP) is 1.29. The number of urea groups is 1. The van der Waals surface area contributed by atoms with Crippen LogP contribution in [0.15, 0.2) is 10.6 Å². The van der Waals surface area contributed by atoms with Gasteiger partial charge in [0.1, 0.15) is 12.3 Å². The van der Waals surface area contributed by atoms with Gasteiger partial charge in [0.2, 0.25) is 5.91 Å². The Balaban J connectivity index is 2.55. The van der Waals surface area contributed by atoms with E-state index in [1.54, 1.807) is 13.0 Å². The number of unbranched alkanes of at least 4 members (excludes halogenated alkanes) is 1. The van der Waals surface area contributed by atoms with Crippen LogP contribution in [0.1, 0.15) is 25.5 Å². The highest BCUT2D eigenvalue weighted by molar-refractivity contribution is 5.93. The summed E-state index contributed by atoms with van der Waals surface area (Å²) in [6.07, 6.45) is 1.92. The average Bonchev–Trinajstić information content (AvgIpc) is 2.88. The van der Waals surface area contributed by atoms with E-state index >= 15 is 0 Å². The Bertz CT molecular complexity index is 501. The molecule has 0 aromatic carbocycles. The van der Waals surface area contributed by atoms with Crippen molar-refractivity contribution >= 4 is 17.8 Å². The van der Waals surface area contributed by atoms with Crippen molar-refractivity contribution in [3.05, 3.63) is 11.8 Å². The lowest BCUT2D eigenvalue weighted by Gasteiger charge is -2.24. The van der Waals surface area contributed by atoms with E-state index in [0.717, 1.165) is 12.8 Å². The molecule has 0 aliphatic rings. The summed E-state index contributed by atoms with van der Waals surface area (Å²) >= 11 is 0. The van der Waals surface area contributed by atoms with Crippen molar-refractivity contribution in [1.82, 2.24) is 20.3 Å². The fourth-order valence-corrected chi connectivity index (χ4v) is 1.84. The lowest BCUT2D eigenvalue weighted by Crippen LogP contribution is -2.46. The molecule has 2 N–H and O–H groups in total. The van der Waals surface area contributed by atoms with Gasteiger partial charge in [-0.15, -0.1) is 0 Å². The molecule has 8 nitrogen and oxygen atoms in total. The van der Waals surface area contributed by atoms with Crippen molar-refractivity contribution in [2.45, 2.75) is 26.7 Å². The number of hydrogen-bond donors (Lipinski definition) is 2. The summed E-state index contributed by atoms with van der Waals surface area (Å²) in [4.78, 5) is 27.7. The number of anilines is 1. The number of aryl methyl sites for hydroxylation is 1. The summed E-state index contributed by atoms with van der Waals surface area (Å²) in [5.74, 6) is 0.663. The normalized spacial score (nSPS) is 10.7. The quantitative estimate of drug-likeness (QED) is 0.668. The van der Waals surface area contributed by atoms with E-state index < -0.39 is 0 Å². The van der Waals surface area contributed by atoms with Crippen LogP contribution < -0.4 is 10.6 Å². The summed E-state index contributed by atoms with van der Waals surface area (Å²) in [6.45, 7) is 5.53. The first-order valence-corrected chi connectivity index (χ1v) is 7.83. The van der Waals surface area contributed by atoms with Crippen molar-refractivity contribution in [3.8, 4) is 0 Å². The number of amides is 3. The highest BCUT2D eigenvalue weighted by Gasteiger charge is 2.17. The fraction of sp³-hybridized carbons (Fsp3) is 0.667. The predicted molar refractivity (Wildman–Crippen MR) is 88.3 cm³/mol. The Hall–Kier alpha value is -2.09. The molecule has 0 fully saturated rings. The van der Waals surface area contributed by atoms with Gasteiger partial charge in [0, 0.05) is 25.7 Å². The molecule has 130 valence electrons. The molecule has 23 heavy (non-hydrogen) atoms. The molecular formula is C15H27N5O3. The highest BCUT2D eigenvalue weighted by Crippen LogP contribution is 2.07. The zero-order valence-corrected chi connectivity index (χ0v) is 14.4. The molecule has 0 saturated heterocycles. The summed E-state index contributed by atoms with van der Waals surface area (Å²) in [5.41, 5.74) is 0. The zero-order valence-electron chi connectivity index (χ0n) is 14.4. The van der Waals surface area contributed by atoms with Gasteiger partial charge in [0.05, 0.1) is 0 Å². The Morgan fingerprint density at radius 3 is 2.61 bits per heavy atom. The summed E-state index contributed by atoms with van der Waals surface area (Å²) < 4.78 is 4.90. The van der Waals surface area contributed by atoms with Crippen LogP contribution in [0.3, 0.4) is 0 Å². The number of aromatic nitrogens is 1. The maximum absolute atomic E-state index is 12.2. The number of carbonyl (C=O) groups is 2. The topological polar surface area (TPSA) is 90.7 Å². The van der Waals surface area contributed by atoms with Crippen molar-refractivity contribution in [3.63, 3.8) is 0 Å². The second kappa shape index (κ2) is 9.83. The number of carbonyl (C=O) groups excluding carboxylic acids is 2. The maximum Gasteiger partial charge on any atom is 0.317 e. The van der Waals surface area contributed by atoms with Crippen molar-refractivity contribution < 1.29 is 14.1 Å². The zero-order chi connectivity index (χ0) is 17.2. The van der Waals surface area contributed by atoms with Crippen LogP contribution >= 0.6 is 0 Å². The van der Waals surface area contributed by atoms with Gasteiger partial charge in [-0.2, -0.15) is 0 Å². The summed E-state index contributed by atoms with van der Waals surface area (Å²) in [5, 5.41) is 9.17. The molecule has 8 heteroatoms. The first-order chi connectivity index (χ1) is 10.9. The Morgan fingerprint density at radius 1 is 1.30 bits per heavy atom. The molecule has 1 heterocycles. The average molecular weight is 325 g/mol. The molecule has 0 spiro atoms. The molecule has 0 atom stereocenters. The van der Waals surface area contributed by atoms with E-state index in [2.05, 4.69) is 22.7 Å². The van der Waals surface area contributed by atoms with Crippen molar-refractivity contribution in [1.29, 1.82) is 0 Å². The number of nitrogens with one attached hydrogen (secondary N) is 2. The van der Waals surface area contributed by atoms with Crippen LogP contribution in [-0.4, -0.2) is 67.2 Å². The molecule has 3 amide bonds. The minimum Gasteiger partial charge on any atom is -0.360 e. The molecule has 0 saturated carbocycles. The molecule has 0 unspecified atom stereocenters. The van der Waals surface area contributed by atoms with Gasteiger partial charge < -0.3 is 25.0 Å². The number of rotatable bonds is 9. The van der Waals surface area contributed by atoms with Crippen LogP contribution in [0.4, 0.5) is 10.6 Å². The largest absolute Gasteiger partial charge is 0.360 e. The Morgan fingerprint density at radius 2 is 2.04 bits per heavy atom. The minimum atomic E-state index is -0.303. The van der Waals surface area contributed by atoms with E-state index in [-0.39, 0.29) is 18.5 Å². The van der Waals surface area contributed by atoms with E-state index in [4.69, 9.17) is 4.52 Å². The lowest BCUT2D eigenvalue weighted by molar-refractivity contribution is -0.116. The third kappa shape index (κ3) is 7.64. The molecule has 1 aromatic rings. The smallest absolute Gasteiger partial charge is 0.317 e. The number of likely N-dealkylation sites (N-methyl/N-ethyl adjacent to an activating group) is 1. The highest BCUT2D eigenvalue weighted by atomic mass is 16.5. The van der Waals surface area contributed by atoms with Crippen molar-refractivity contribution in [2.24, 2.45) is 0 Å². The summed E-state index contributed by atoms with van der Waals surface area (Å²) in [6, 6.07) is 1.40. The Labute approximate surface area is 137 Å². The lowest BCUT2D eigenvalue weighted by atomic mass is 10.3. The number of hydrogen-bond acceptors (Lipinski definition) is 5. The molecule has 0 radical (unpaired) electrons. The fourth-order valence-electron chi connectivity index (χ4n) is 1.84. The van der Waals surface area contributed by atoms with Gasteiger partial charge in [0.25, 0.3) is 0 Å². The Kier molecular flexibility index (Phi) is 8.10. The SMILES string of the molecule is CCCCNC(=O)N(CCN(C)C)CC(=O)Nc1cc(C)on1. The first kappa shape index (κ1) is 19.0. The van der Waals surface area contributed by atoms with Crippen LogP contribution in [0.25, 0.3) is 0 Å². The van der Waals surface area contributed by atoms with Crippen LogP contribution in [0.2, 0.25) is 0 Å². The van der Waals surface area contributed by atoms with Crippen LogP contribution in [-0.2, 0) is 4.79 Å². The monoisotopic (exact) mass is 325 g/mol. The van der Waals surface area contributed by atoms with Crippen molar-refractivity contribution in [2.75, 3.05) is 45.6 Å². The third-order valence-corrected chi connectivity index (χ3v) is 3.14. The van der Waals surface area contributed by atoms with Gasteiger partial charge in [-0.1, -0.05) is 18.5 Å². The van der Waals surface area contributed by atoms with E-state index in [9.17, 15) is 9.59 Å². The van der Waals surface area contributed by atoms with Gasteiger partial charge in [-0.05, 0) is 27.4 Å². The molecule has 0 bridgehead atoms. The molecule has 0 aliphatic carbocycles. The molecule has 0 aliphatic heterocycles. The number of nitrogens with zero attached hydrogens (tertiary/aromatic N) is 3. The first-order valence-electron chi connectivity index (χ1n) is 7.83. The minimum absolute atomic E-state index is 0.0301. The van der Waals surface area contributed by atoms with Crippen LogP contribution in [0.5, 0.6) is 0 Å². The van der Waals surface area contributed by atoms with E-state index in [1.807, 2.05) is 19.0 Å². The van der Waals surface area contributed by atoms with Gasteiger partial charge in [-0.3, -0.25) is 4.79 Å². The van der Waals surface area contributed by atoms with Gasteiger partial charge in [-0.25, -0.2) is 4.79 Å². The molecule has 1 rings (SSSR count). The summed E-state index contributed by atoms with van der Waals surface area (Å²) in [7, 11) is 3.84. The van der Waals surface area contributed by atoms with E-state index in [0.29, 0.717) is 31.2 Å². The van der Waals surface area contributed by atoms with Gasteiger partial charge in [0.15, 0.2) is 5.82 Å². The second-order valence-corrected chi connectivity index (χ2v) is 5.68.